The van der Waals surface area contributed by atoms with Gasteiger partial charge in [-0.2, -0.15) is 5.10 Å². The second kappa shape index (κ2) is 7.76. The number of carbonyl (C=O) groups excluding carboxylic acids is 2. The third kappa shape index (κ3) is 3.63. The van der Waals surface area contributed by atoms with Gasteiger partial charge in [-0.05, 0) is 26.0 Å². The van der Waals surface area contributed by atoms with Crippen LogP contribution in [0.25, 0.3) is 0 Å². The zero-order valence-corrected chi connectivity index (χ0v) is 17.9. The molecular formula is C17H19ClN4O4S2. The predicted octanol–water partition coefficient (Wildman–Crippen LogP) is 2.42. The van der Waals surface area contributed by atoms with E-state index >= 15 is 0 Å². The molecule has 8 nitrogen and oxygen atoms in total. The molecule has 1 aliphatic rings. The van der Waals surface area contributed by atoms with Gasteiger partial charge in [-0.15, -0.1) is 11.8 Å². The number of nitrogens with one attached hydrogen (secondary N) is 1. The van der Waals surface area contributed by atoms with Crippen LogP contribution in [0, 0.1) is 6.92 Å². The van der Waals surface area contributed by atoms with Crippen LogP contribution in [-0.2, 0) is 26.7 Å². The average Bonchev–Trinajstić information content (AvgIpc) is 2.88. The highest BCUT2D eigenvalue weighted by atomic mass is 35.5. The maximum absolute atomic E-state index is 13.0. The fourth-order valence-electron chi connectivity index (χ4n) is 2.98. The third-order valence-corrected chi connectivity index (χ3v) is 8.15. The molecular weight excluding hydrogens is 424 g/mol. The van der Waals surface area contributed by atoms with Gasteiger partial charge in [-0.3, -0.25) is 14.3 Å². The van der Waals surface area contributed by atoms with E-state index in [1.54, 1.807) is 19.1 Å². The first kappa shape index (κ1) is 20.7. The molecule has 11 heteroatoms. The zero-order valence-electron chi connectivity index (χ0n) is 15.5. The first-order valence-electron chi connectivity index (χ1n) is 8.48. The van der Waals surface area contributed by atoms with Gasteiger partial charge in [-0.25, -0.2) is 12.7 Å². The fourth-order valence-corrected chi connectivity index (χ4v) is 6.21. The van der Waals surface area contributed by atoms with Crippen LogP contribution < -0.4 is 5.32 Å². The molecule has 1 aliphatic heterocycles. The molecule has 0 fully saturated rings. The van der Waals surface area contributed by atoms with Gasteiger partial charge in [0.25, 0.3) is 10.0 Å². The highest BCUT2D eigenvalue weighted by Gasteiger charge is 2.37. The normalized spacial score (nSPS) is 16.4. The number of hydrogen-bond donors (Lipinski definition) is 1. The molecule has 0 spiro atoms. The number of hydrogen-bond acceptors (Lipinski definition) is 6. The molecule has 2 amide bonds. The van der Waals surface area contributed by atoms with Gasteiger partial charge >= 0.3 is 0 Å². The molecule has 3 rings (SSSR count). The van der Waals surface area contributed by atoms with E-state index < -0.39 is 21.2 Å². The van der Waals surface area contributed by atoms with Crippen molar-refractivity contribution in [2.24, 2.45) is 7.05 Å². The Balaban J connectivity index is 1.85. The van der Waals surface area contributed by atoms with Gasteiger partial charge in [0.05, 0.1) is 16.6 Å². The predicted molar refractivity (Wildman–Crippen MR) is 107 cm³/mol. The highest BCUT2D eigenvalue weighted by molar-refractivity contribution is 8.01. The van der Waals surface area contributed by atoms with Crippen LogP contribution in [0.4, 0.5) is 5.69 Å². The number of fused-ring (bicyclic) bond motifs is 1. The van der Waals surface area contributed by atoms with E-state index in [9.17, 15) is 18.0 Å². The molecule has 0 saturated heterocycles. The summed E-state index contributed by atoms with van der Waals surface area (Å²) in [4.78, 5) is 25.8. The second-order valence-corrected chi connectivity index (χ2v) is 9.59. The highest BCUT2D eigenvalue weighted by Crippen LogP contribution is 2.37. The minimum Gasteiger partial charge on any atom is -0.324 e. The van der Waals surface area contributed by atoms with Crippen LogP contribution in [0.2, 0.25) is 5.15 Å². The maximum atomic E-state index is 13.0. The summed E-state index contributed by atoms with van der Waals surface area (Å²) in [6.45, 7) is 2.98. The Morgan fingerprint density at radius 1 is 1.39 bits per heavy atom. The van der Waals surface area contributed by atoms with E-state index in [2.05, 4.69) is 10.4 Å². The van der Waals surface area contributed by atoms with Crippen LogP contribution in [0.1, 0.15) is 19.0 Å². The number of rotatable bonds is 5. The number of aryl methyl sites for hydroxylation is 2. The zero-order chi connectivity index (χ0) is 20.6. The molecule has 2 heterocycles. The lowest BCUT2D eigenvalue weighted by Crippen LogP contribution is -2.40. The third-order valence-electron chi connectivity index (χ3n) is 4.28. The Hall–Kier alpha value is -2.04. The van der Waals surface area contributed by atoms with Crippen molar-refractivity contribution in [3.8, 4) is 0 Å². The number of sulfonamides is 1. The van der Waals surface area contributed by atoms with Crippen molar-refractivity contribution in [3.05, 3.63) is 35.1 Å². The number of amides is 2. The van der Waals surface area contributed by atoms with Gasteiger partial charge in [0.2, 0.25) is 11.8 Å². The first-order valence-corrected chi connectivity index (χ1v) is 11.2. The Morgan fingerprint density at radius 2 is 2.07 bits per heavy atom. The largest absolute Gasteiger partial charge is 0.324 e. The van der Waals surface area contributed by atoms with Gasteiger partial charge in [-0.1, -0.05) is 23.7 Å². The number of aromatic nitrogens is 2. The molecule has 28 heavy (non-hydrogen) atoms. The van der Waals surface area contributed by atoms with Crippen molar-refractivity contribution < 1.29 is 18.0 Å². The van der Waals surface area contributed by atoms with Gasteiger partial charge in [0, 0.05) is 24.9 Å². The molecule has 0 saturated carbocycles. The summed E-state index contributed by atoms with van der Waals surface area (Å²) in [5.74, 6) is -1.00. The number of anilines is 1. The minimum atomic E-state index is -4.19. The SMILES string of the molecule is CCN(C(=O)CC1Sc2ccccc2NC1=O)S(=O)(=O)c1c(C)nn(C)c1Cl. The quantitative estimate of drug-likeness (QED) is 0.763. The molecule has 0 bridgehead atoms. The number of carbonyl (C=O) groups is 2. The molecule has 1 atom stereocenters. The van der Waals surface area contributed by atoms with E-state index in [-0.39, 0.29) is 34.6 Å². The minimum absolute atomic E-state index is 0.0672. The molecule has 0 radical (unpaired) electrons. The number of para-hydroxylation sites is 1. The molecule has 1 unspecified atom stereocenters. The Kier molecular flexibility index (Phi) is 5.74. The topological polar surface area (TPSA) is 101 Å². The number of benzene rings is 1. The lowest BCUT2D eigenvalue weighted by atomic mass is 10.2. The summed E-state index contributed by atoms with van der Waals surface area (Å²) in [6.07, 6.45) is -0.255. The summed E-state index contributed by atoms with van der Waals surface area (Å²) in [7, 11) is -2.67. The molecule has 1 aromatic carbocycles. The Morgan fingerprint density at radius 3 is 2.68 bits per heavy atom. The Bertz CT molecular complexity index is 1050. The van der Waals surface area contributed by atoms with Crippen molar-refractivity contribution in [2.75, 3.05) is 11.9 Å². The average molecular weight is 443 g/mol. The van der Waals surface area contributed by atoms with Crippen LogP contribution in [0.3, 0.4) is 0 Å². The van der Waals surface area contributed by atoms with Gasteiger partial charge < -0.3 is 5.32 Å². The molecule has 1 N–H and O–H groups in total. The van der Waals surface area contributed by atoms with E-state index in [4.69, 9.17) is 11.6 Å². The van der Waals surface area contributed by atoms with Crippen molar-refractivity contribution in [1.82, 2.24) is 14.1 Å². The summed E-state index contributed by atoms with van der Waals surface area (Å²) in [5, 5.41) is 5.96. The van der Waals surface area contributed by atoms with Crippen molar-refractivity contribution >= 4 is 50.9 Å². The molecule has 0 aliphatic carbocycles. The van der Waals surface area contributed by atoms with E-state index in [1.807, 2.05) is 12.1 Å². The molecule has 2 aromatic rings. The Labute approximate surface area is 172 Å². The lowest BCUT2D eigenvalue weighted by molar-refractivity contribution is -0.128. The number of thioether (sulfide) groups is 1. The van der Waals surface area contributed by atoms with Crippen LogP contribution in [-0.4, -0.2) is 46.1 Å². The van der Waals surface area contributed by atoms with Crippen LogP contribution >= 0.6 is 23.4 Å². The maximum Gasteiger partial charge on any atom is 0.271 e. The van der Waals surface area contributed by atoms with Crippen molar-refractivity contribution in [2.45, 2.75) is 35.3 Å². The van der Waals surface area contributed by atoms with Crippen molar-refractivity contribution in [1.29, 1.82) is 0 Å². The second-order valence-electron chi connectivity index (χ2n) is 6.19. The van der Waals surface area contributed by atoms with Crippen molar-refractivity contribution in [3.63, 3.8) is 0 Å². The number of halogens is 1. The summed E-state index contributed by atoms with van der Waals surface area (Å²) >= 11 is 7.33. The smallest absolute Gasteiger partial charge is 0.271 e. The van der Waals surface area contributed by atoms with E-state index in [0.29, 0.717) is 5.69 Å². The molecule has 1 aromatic heterocycles. The van der Waals surface area contributed by atoms with Gasteiger partial charge in [0.1, 0.15) is 10.0 Å². The standard InChI is InChI=1S/C17H19ClN4O4S2/c1-4-22(28(25,26)15-10(2)20-21(3)16(15)18)14(23)9-13-17(24)19-11-7-5-6-8-12(11)27-13/h5-8,13H,4,9H2,1-3H3,(H,19,24). The summed E-state index contributed by atoms with van der Waals surface area (Å²) in [6, 6.07) is 7.24. The summed E-state index contributed by atoms with van der Waals surface area (Å²) in [5.41, 5.74) is 0.886. The van der Waals surface area contributed by atoms with Gasteiger partial charge in [0.15, 0.2) is 0 Å². The molecule has 150 valence electrons. The lowest BCUT2D eigenvalue weighted by Gasteiger charge is -2.26. The van der Waals surface area contributed by atoms with Crippen LogP contribution in [0.15, 0.2) is 34.1 Å². The van der Waals surface area contributed by atoms with E-state index in [0.717, 1.165) is 9.20 Å². The fraction of sp³-hybridized carbons (Fsp3) is 0.353. The number of nitrogens with zero attached hydrogens (tertiary/aromatic N) is 3. The van der Waals surface area contributed by atoms with E-state index in [1.165, 1.54) is 30.4 Å². The summed E-state index contributed by atoms with van der Waals surface area (Å²) < 4.78 is 28.1. The first-order chi connectivity index (χ1) is 13.2. The monoisotopic (exact) mass is 442 g/mol. The van der Waals surface area contributed by atoms with Crippen LogP contribution in [0.5, 0.6) is 0 Å².